The van der Waals surface area contributed by atoms with Gasteiger partial charge < -0.3 is 4.74 Å². The Morgan fingerprint density at radius 3 is 2.77 bits per heavy atom. The quantitative estimate of drug-likeness (QED) is 0.394. The van der Waals surface area contributed by atoms with Crippen molar-refractivity contribution in [3.8, 4) is 11.4 Å². The maximum absolute atomic E-state index is 12.8. The predicted molar refractivity (Wildman–Crippen MR) is 118 cm³/mol. The Kier molecular flexibility index (Phi) is 4.70. The smallest absolute Gasteiger partial charge is 0.262 e. The highest BCUT2D eigenvalue weighted by molar-refractivity contribution is 7.98. The molecule has 156 valence electrons. The van der Waals surface area contributed by atoms with Crippen molar-refractivity contribution in [2.45, 2.75) is 17.8 Å². The van der Waals surface area contributed by atoms with E-state index in [1.807, 2.05) is 58.4 Å². The van der Waals surface area contributed by atoms with Crippen LogP contribution in [0.4, 0.5) is 0 Å². The van der Waals surface area contributed by atoms with Crippen LogP contribution >= 0.6 is 11.8 Å². The van der Waals surface area contributed by atoms with Gasteiger partial charge in [-0.3, -0.25) is 18.3 Å². The second-order valence-electron chi connectivity index (χ2n) is 7.08. The van der Waals surface area contributed by atoms with Gasteiger partial charge in [0, 0.05) is 7.05 Å². The maximum Gasteiger partial charge on any atom is 0.262 e. The van der Waals surface area contributed by atoms with Gasteiger partial charge in [0.1, 0.15) is 17.9 Å². The van der Waals surface area contributed by atoms with E-state index in [9.17, 15) is 4.79 Å². The molecule has 0 saturated carbocycles. The second kappa shape index (κ2) is 7.55. The van der Waals surface area contributed by atoms with Crippen LogP contribution in [0.5, 0.6) is 5.75 Å². The van der Waals surface area contributed by atoms with Crippen LogP contribution in [0.1, 0.15) is 11.4 Å². The van der Waals surface area contributed by atoms with Crippen LogP contribution in [0.2, 0.25) is 0 Å². The molecule has 0 aliphatic rings. The largest absolute Gasteiger partial charge is 0.495 e. The SMILES string of the molecule is COc1ccccc1-n1cnnc1SCc1nnc2n(C)c(=O)c3cc(C)ccc3n12. The van der Waals surface area contributed by atoms with Gasteiger partial charge in [0.25, 0.3) is 5.56 Å². The first-order valence-electron chi connectivity index (χ1n) is 9.58. The Morgan fingerprint density at radius 2 is 1.94 bits per heavy atom. The van der Waals surface area contributed by atoms with E-state index in [2.05, 4.69) is 20.4 Å². The van der Waals surface area contributed by atoms with E-state index in [0.717, 1.165) is 28.3 Å². The lowest BCUT2D eigenvalue weighted by molar-refractivity contribution is 0.412. The molecule has 0 aliphatic heterocycles. The molecule has 10 heteroatoms. The molecule has 5 aromatic rings. The van der Waals surface area contributed by atoms with E-state index in [4.69, 9.17) is 4.74 Å². The second-order valence-corrected chi connectivity index (χ2v) is 8.02. The van der Waals surface area contributed by atoms with Crippen molar-refractivity contribution in [3.05, 3.63) is 70.5 Å². The fraction of sp³-hybridized carbons (Fsp3) is 0.190. The number of ether oxygens (including phenoxy) is 1. The van der Waals surface area contributed by atoms with E-state index < -0.39 is 0 Å². The normalized spacial score (nSPS) is 11.5. The molecule has 3 heterocycles. The average molecular weight is 433 g/mol. The molecule has 0 aliphatic carbocycles. The third-order valence-electron chi connectivity index (χ3n) is 5.13. The monoisotopic (exact) mass is 433 g/mol. The molecular formula is C21H19N7O2S. The molecule has 5 rings (SSSR count). The zero-order valence-electron chi connectivity index (χ0n) is 17.2. The summed E-state index contributed by atoms with van der Waals surface area (Å²) in [6, 6.07) is 13.5. The Balaban J connectivity index is 1.56. The number of nitrogens with zero attached hydrogens (tertiary/aromatic N) is 7. The molecule has 0 fully saturated rings. The fourth-order valence-electron chi connectivity index (χ4n) is 3.60. The molecule has 0 unspecified atom stereocenters. The maximum atomic E-state index is 12.8. The van der Waals surface area contributed by atoms with Gasteiger partial charge >= 0.3 is 0 Å². The number of aromatic nitrogens is 7. The van der Waals surface area contributed by atoms with Gasteiger partial charge in [0.2, 0.25) is 5.78 Å². The van der Waals surface area contributed by atoms with Crippen molar-refractivity contribution in [1.29, 1.82) is 0 Å². The number of methoxy groups -OCH3 is 1. The molecule has 0 N–H and O–H groups in total. The number of para-hydroxylation sites is 2. The van der Waals surface area contributed by atoms with Crippen molar-refractivity contribution in [1.82, 2.24) is 33.9 Å². The van der Waals surface area contributed by atoms with E-state index >= 15 is 0 Å². The highest BCUT2D eigenvalue weighted by Crippen LogP contribution is 2.28. The zero-order chi connectivity index (χ0) is 21.5. The Morgan fingerprint density at radius 1 is 1.10 bits per heavy atom. The number of hydrogen-bond donors (Lipinski definition) is 0. The molecule has 0 saturated heterocycles. The number of aryl methyl sites for hydroxylation is 2. The summed E-state index contributed by atoms with van der Waals surface area (Å²) in [5.74, 6) is 2.45. The summed E-state index contributed by atoms with van der Waals surface area (Å²) in [6.07, 6.45) is 1.66. The standard InChI is InChI=1S/C21H19N7O2S/c1-13-8-9-15-14(10-13)19(29)26(2)20-24-23-18(28(15)20)11-31-21-25-22-12-27(21)16-6-4-5-7-17(16)30-3/h4-10,12H,11H2,1-3H3. The van der Waals surface area contributed by atoms with Gasteiger partial charge in [-0.15, -0.1) is 20.4 Å². The minimum Gasteiger partial charge on any atom is -0.495 e. The highest BCUT2D eigenvalue weighted by Gasteiger charge is 2.17. The highest BCUT2D eigenvalue weighted by atomic mass is 32.2. The summed E-state index contributed by atoms with van der Waals surface area (Å²) in [5, 5.41) is 18.3. The van der Waals surface area contributed by atoms with Crippen LogP contribution in [-0.2, 0) is 12.8 Å². The van der Waals surface area contributed by atoms with Crippen LogP contribution in [0, 0.1) is 6.92 Å². The average Bonchev–Trinajstić information content (AvgIpc) is 3.43. The van der Waals surface area contributed by atoms with Crippen molar-refractivity contribution < 1.29 is 4.74 Å². The van der Waals surface area contributed by atoms with Gasteiger partial charge in [-0.25, -0.2) is 0 Å². The first-order valence-corrected chi connectivity index (χ1v) is 10.6. The molecule has 0 spiro atoms. The Bertz CT molecular complexity index is 1480. The summed E-state index contributed by atoms with van der Waals surface area (Å²) >= 11 is 1.49. The molecule has 0 radical (unpaired) electrons. The topological polar surface area (TPSA) is 92.1 Å². The van der Waals surface area contributed by atoms with E-state index in [1.54, 1.807) is 20.5 Å². The lowest BCUT2D eigenvalue weighted by atomic mass is 10.1. The first kappa shape index (κ1) is 19.3. The van der Waals surface area contributed by atoms with Gasteiger partial charge in [0.05, 0.1) is 29.5 Å². The van der Waals surface area contributed by atoms with Gasteiger partial charge in [-0.05, 0) is 31.2 Å². The predicted octanol–water partition coefficient (Wildman–Crippen LogP) is 2.77. The first-order chi connectivity index (χ1) is 15.1. The van der Waals surface area contributed by atoms with Crippen molar-refractivity contribution in [2.24, 2.45) is 7.05 Å². The van der Waals surface area contributed by atoms with Crippen LogP contribution < -0.4 is 10.3 Å². The van der Waals surface area contributed by atoms with Gasteiger partial charge in [-0.1, -0.05) is 35.5 Å². The summed E-state index contributed by atoms with van der Waals surface area (Å²) < 4.78 is 10.8. The molecule has 3 aromatic heterocycles. The minimum absolute atomic E-state index is 0.0891. The van der Waals surface area contributed by atoms with E-state index in [-0.39, 0.29) is 5.56 Å². The molecule has 0 bridgehead atoms. The number of fused-ring (bicyclic) bond motifs is 3. The fourth-order valence-corrected chi connectivity index (χ4v) is 4.43. The number of benzene rings is 2. The Hall–Kier alpha value is -3.66. The lowest BCUT2D eigenvalue weighted by Gasteiger charge is -2.11. The third kappa shape index (κ3) is 3.15. The summed E-state index contributed by atoms with van der Waals surface area (Å²) in [5.41, 5.74) is 2.58. The summed E-state index contributed by atoms with van der Waals surface area (Å²) in [7, 11) is 3.35. The van der Waals surface area contributed by atoms with E-state index in [0.29, 0.717) is 22.1 Å². The third-order valence-corrected chi connectivity index (χ3v) is 6.07. The van der Waals surface area contributed by atoms with Crippen molar-refractivity contribution in [2.75, 3.05) is 7.11 Å². The number of hydrogen-bond acceptors (Lipinski definition) is 7. The molecule has 0 atom stereocenters. The van der Waals surface area contributed by atoms with Gasteiger partial charge in [-0.2, -0.15) is 0 Å². The molecule has 31 heavy (non-hydrogen) atoms. The van der Waals surface area contributed by atoms with Crippen molar-refractivity contribution in [3.63, 3.8) is 0 Å². The Labute approximate surface area is 181 Å². The van der Waals surface area contributed by atoms with Gasteiger partial charge in [0.15, 0.2) is 5.16 Å². The van der Waals surface area contributed by atoms with Crippen molar-refractivity contribution >= 4 is 28.4 Å². The van der Waals surface area contributed by atoms with E-state index in [1.165, 1.54) is 16.3 Å². The van der Waals surface area contributed by atoms with Crippen LogP contribution in [0.3, 0.4) is 0 Å². The summed E-state index contributed by atoms with van der Waals surface area (Å²) in [6.45, 7) is 1.97. The van der Waals surface area contributed by atoms with Crippen LogP contribution in [0.25, 0.3) is 22.4 Å². The number of thioether (sulfide) groups is 1. The lowest BCUT2D eigenvalue weighted by Crippen LogP contribution is -2.20. The minimum atomic E-state index is -0.0891. The zero-order valence-corrected chi connectivity index (χ0v) is 18.0. The molecule has 9 nitrogen and oxygen atoms in total. The molecule has 0 amide bonds. The summed E-state index contributed by atoms with van der Waals surface area (Å²) in [4.78, 5) is 12.8. The molecule has 2 aromatic carbocycles. The number of rotatable bonds is 5. The molecular weight excluding hydrogens is 414 g/mol. The van der Waals surface area contributed by atoms with Crippen LogP contribution in [0.15, 0.2) is 58.7 Å². The van der Waals surface area contributed by atoms with Crippen LogP contribution in [-0.4, -0.2) is 41.0 Å².